The molecule has 0 aliphatic carbocycles. The Morgan fingerprint density at radius 3 is 1.58 bits per heavy atom. The number of hydrogen-bond donors (Lipinski definition) is 1. The minimum absolute atomic E-state index is 0.158. The van der Waals surface area contributed by atoms with E-state index < -0.39 is 30.2 Å². The average molecular weight is 534 g/mol. The van der Waals surface area contributed by atoms with Crippen molar-refractivity contribution in [3.05, 3.63) is 66.4 Å². The summed E-state index contributed by atoms with van der Waals surface area (Å²) in [6, 6.07) is 5.84. The molecule has 2 rings (SSSR count). The minimum Gasteiger partial charge on any atom is -0.359 e. The van der Waals surface area contributed by atoms with E-state index in [2.05, 4.69) is 11.9 Å². The predicted octanol–water partition coefficient (Wildman–Crippen LogP) is 11.4. The van der Waals surface area contributed by atoms with Crippen LogP contribution in [0.5, 0.6) is 0 Å². The lowest BCUT2D eigenvalue weighted by molar-refractivity contribution is 0.360. The number of anilines is 1. The Morgan fingerprint density at radius 2 is 1.24 bits per heavy atom. The van der Waals surface area contributed by atoms with Gasteiger partial charge in [-0.2, -0.15) is 0 Å². The van der Waals surface area contributed by atoms with Gasteiger partial charge >= 0.3 is 20.4 Å². The molecule has 1 nitrogen and oxygen atoms in total. The highest BCUT2D eigenvalue weighted by Gasteiger charge is 2.66. The zero-order chi connectivity index (χ0) is 26.3. The summed E-state index contributed by atoms with van der Waals surface area (Å²) in [4.78, 5) is -3.73. The first-order valence-corrected chi connectivity index (χ1v) is 13.2. The average Bonchev–Trinajstić information content (AvgIpc) is 2.59. The van der Waals surface area contributed by atoms with Crippen molar-refractivity contribution in [3.8, 4) is 0 Å². The Labute approximate surface area is 186 Å². The van der Waals surface area contributed by atoms with Crippen LogP contribution in [-0.2, 0) is 0 Å². The van der Waals surface area contributed by atoms with Gasteiger partial charge in [-0.25, -0.2) is 0 Å². The Bertz CT molecular complexity index is 1030. The lowest BCUT2D eigenvalue weighted by Gasteiger charge is -2.40. The lowest BCUT2D eigenvalue weighted by atomic mass is 9.87. The molecule has 0 saturated heterocycles. The van der Waals surface area contributed by atoms with Gasteiger partial charge in [-0.15, -0.1) is 0 Å². The molecule has 2 aromatic carbocycles. The number of halogens is 10. The normalized spacial score (nSPS) is 16.8. The fourth-order valence-electron chi connectivity index (χ4n) is 2.21. The summed E-state index contributed by atoms with van der Waals surface area (Å²) in [5.74, 6) is 0. The molecule has 1 N–H and O–H groups in total. The van der Waals surface area contributed by atoms with Crippen LogP contribution in [-0.4, -0.2) is 0 Å². The van der Waals surface area contributed by atoms with Crippen LogP contribution in [0.15, 0.2) is 70.6 Å². The molecule has 33 heavy (non-hydrogen) atoms. The van der Waals surface area contributed by atoms with Crippen molar-refractivity contribution in [1.29, 1.82) is 0 Å². The molecule has 0 unspecified atom stereocenters. The smallest absolute Gasteiger partial charge is 0.310 e. The molecular formula is C20H25F10NS2. The fourth-order valence-corrected chi connectivity index (χ4v) is 3.60. The highest BCUT2D eigenvalue weighted by molar-refractivity contribution is 8.46. The summed E-state index contributed by atoms with van der Waals surface area (Å²) < 4.78 is 123. The molecule has 0 heterocycles. The number of aryl methyl sites for hydroxylation is 1. The van der Waals surface area contributed by atoms with Gasteiger partial charge in [0.05, 0.1) is 0 Å². The van der Waals surface area contributed by atoms with E-state index in [1.165, 1.54) is 13.0 Å². The molecule has 0 spiro atoms. The highest BCUT2D eigenvalue weighted by atomic mass is 32.5. The minimum atomic E-state index is -9.59. The summed E-state index contributed by atoms with van der Waals surface area (Å²) in [5, 5.41) is 2.84. The fraction of sp³-hybridized carbons (Fsp3) is 0.300. The maximum Gasteiger partial charge on any atom is 0.310 e. The summed E-state index contributed by atoms with van der Waals surface area (Å²) in [6.07, 6.45) is 0.780. The van der Waals surface area contributed by atoms with E-state index in [1.54, 1.807) is 0 Å². The molecule has 0 amide bonds. The third-order valence-electron chi connectivity index (χ3n) is 4.73. The summed E-state index contributed by atoms with van der Waals surface area (Å²) in [5.41, 5.74) is 0.812. The van der Waals surface area contributed by atoms with Gasteiger partial charge < -0.3 is 5.32 Å². The number of hydrogen-bond acceptors (Lipinski definition) is 1. The monoisotopic (exact) mass is 533 g/mol. The quantitative estimate of drug-likeness (QED) is 0.364. The van der Waals surface area contributed by atoms with Crippen LogP contribution < -0.4 is 5.32 Å². The first-order chi connectivity index (χ1) is 14.1. The van der Waals surface area contributed by atoms with Gasteiger partial charge in [0.15, 0.2) is 0 Å². The van der Waals surface area contributed by atoms with E-state index in [1.807, 2.05) is 20.8 Å². The molecule has 13 heteroatoms. The third-order valence-corrected chi connectivity index (χ3v) is 7.04. The maximum atomic E-state index is 12.5. The number of nitrogens with one attached hydrogen (secondary N) is 1. The first-order valence-electron chi connectivity index (χ1n) is 9.26. The number of benzene rings is 2. The van der Waals surface area contributed by atoms with Gasteiger partial charge in [0.1, 0.15) is 9.79 Å². The van der Waals surface area contributed by atoms with Crippen molar-refractivity contribution in [2.75, 3.05) is 5.32 Å². The van der Waals surface area contributed by atoms with Crippen molar-refractivity contribution in [3.63, 3.8) is 0 Å². The van der Waals surface area contributed by atoms with Crippen LogP contribution in [0.2, 0.25) is 0 Å². The second-order valence-electron chi connectivity index (χ2n) is 8.12. The highest BCUT2D eigenvalue weighted by Crippen LogP contribution is 3.02. The molecule has 192 valence electrons. The van der Waals surface area contributed by atoms with Crippen molar-refractivity contribution in [2.45, 2.75) is 43.9 Å². The van der Waals surface area contributed by atoms with Gasteiger partial charge in [0.25, 0.3) is 0 Å². The molecule has 0 atom stereocenters. The van der Waals surface area contributed by atoms with Crippen molar-refractivity contribution in [1.82, 2.24) is 0 Å². The van der Waals surface area contributed by atoms with Gasteiger partial charge in [-0.05, 0) is 55.3 Å². The first kappa shape index (κ1) is 29.0. The van der Waals surface area contributed by atoms with E-state index in [0.717, 1.165) is 24.6 Å². The maximum absolute atomic E-state index is 12.5. The zero-order valence-corrected chi connectivity index (χ0v) is 19.8. The molecule has 0 fully saturated rings. The number of allylic oxidation sites excluding steroid dienone is 1. The lowest BCUT2D eigenvalue weighted by Crippen LogP contribution is -2.18. The Morgan fingerprint density at radius 1 is 0.788 bits per heavy atom. The molecular weight excluding hydrogens is 508 g/mol. The Kier molecular flexibility index (Phi) is 6.36. The van der Waals surface area contributed by atoms with Gasteiger partial charge in [-0.3, -0.25) is 0 Å². The van der Waals surface area contributed by atoms with Gasteiger partial charge in [0.2, 0.25) is 0 Å². The van der Waals surface area contributed by atoms with Crippen LogP contribution >= 0.6 is 20.4 Å². The van der Waals surface area contributed by atoms with Gasteiger partial charge in [0, 0.05) is 16.8 Å². The Hall–Kier alpha value is -2.02. The van der Waals surface area contributed by atoms with Crippen molar-refractivity contribution in [2.24, 2.45) is 5.41 Å². The molecule has 0 aromatic heterocycles. The summed E-state index contributed by atoms with van der Waals surface area (Å²) in [7, 11) is -19.1. The number of rotatable bonds is 6. The molecule has 2 aromatic rings. The molecule has 0 aliphatic heterocycles. The summed E-state index contributed by atoms with van der Waals surface area (Å²) in [6.45, 7) is 10.9. The topological polar surface area (TPSA) is 12.0 Å². The molecule has 0 radical (unpaired) electrons. The van der Waals surface area contributed by atoms with Crippen LogP contribution in [0.3, 0.4) is 0 Å². The molecule has 0 aliphatic rings. The predicted molar refractivity (Wildman–Crippen MR) is 117 cm³/mol. The van der Waals surface area contributed by atoms with E-state index >= 15 is 0 Å². The summed E-state index contributed by atoms with van der Waals surface area (Å²) >= 11 is 0. The van der Waals surface area contributed by atoms with Crippen molar-refractivity contribution >= 4 is 26.1 Å². The second-order valence-corrected chi connectivity index (χ2v) is 12.9. The van der Waals surface area contributed by atoms with Crippen LogP contribution in [0.1, 0.15) is 32.8 Å². The van der Waals surface area contributed by atoms with E-state index in [4.69, 9.17) is 0 Å². The van der Waals surface area contributed by atoms with E-state index in [0.29, 0.717) is 35.6 Å². The largest absolute Gasteiger partial charge is 0.359 e. The molecule has 0 bridgehead atoms. The van der Waals surface area contributed by atoms with Crippen LogP contribution in [0, 0.1) is 12.3 Å². The van der Waals surface area contributed by atoms with E-state index in [-0.39, 0.29) is 11.0 Å². The van der Waals surface area contributed by atoms with Gasteiger partial charge in [-0.1, -0.05) is 78.3 Å². The van der Waals surface area contributed by atoms with Crippen LogP contribution in [0.4, 0.5) is 44.5 Å². The Balaban J connectivity index is 0.000000361. The van der Waals surface area contributed by atoms with Crippen molar-refractivity contribution < 1.29 is 38.9 Å². The molecule has 0 saturated carbocycles. The second kappa shape index (κ2) is 7.24. The standard InChI is InChI=1S/C13H18F5NS.C7H7F5S/c1-5-13(3,4)10(2)19-11-6-8-12(9-7-11)20(14,15,16,17)18;1-6-3-2-4-7(5-6)13(8,9,10,11)12/h6-9,19H,2,5H2,1,3-4H3;2-5H,1H3. The zero-order valence-electron chi connectivity index (χ0n) is 18.1. The van der Waals surface area contributed by atoms with Crippen LogP contribution in [0.25, 0.3) is 0 Å². The SMILES string of the molecule is C=C(Nc1ccc(S(F)(F)(F)(F)F)cc1)C(C)(C)CC.Cc1cccc(S(F)(F)(F)(F)F)c1. The van der Waals surface area contributed by atoms with E-state index in [9.17, 15) is 38.9 Å². The third kappa shape index (κ3) is 9.03.